The highest BCUT2D eigenvalue weighted by atomic mass is 79.9. The third kappa shape index (κ3) is 3.98. The van der Waals surface area contributed by atoms with Gasteiger partial charge in [0, 0.05) is 32.9 Å². The minimum absolute atomic E-state index is 0.149. The molecule has 0 radical (unpaired) electrons. The van der Waals surface area contributed by atoms with Crippen LogP contribution in [-0.4, -0.2) is 17.4 Å². The van der Waals surface area contributed by atoms with E-state index in [1.807, 2.05) is 6.07 Å². The van der Waals surface area contributed by atoms with Crippen LogP contribution in [0.4, 0.5) is 8.78 Å². The molecule has 0 atom stereocenters. The van der Waals surface area contributed by atoms with Gasteiger partial charge in [-0.15, -0.1) is 0 Å². The van der Waals surface area contributed by atoms with Crippen LogP contribution in [0.15, 0.2) is 100 Å². The second kappa shape index (κ2) is 9.30. The second-order valence-electron chi connectivity index (χ2n) is 7.90. The van der Waals surface area contributed by atoms with Crippen molar-refractivity contribution in [3.63, 3.8) is 0 Å². The third-order valence-electron chi connectivity index (χ3n) is 5.77. The van der Waals surface area contributed by atoms with E-state index < -0.39 is 16.4 Å². The zero-order chi connectivity index (χ0) is 25.4. The molecule has 2 aromatic heterocycles. The van der Waals surface area contributed by atoms with Gasteiger partial charge in [-0.1, -0.05) is 58.4 Å². The average Bonchev–Trinajstić information content (AvgIpc) is 3.24. The Hall–Kier alpha value is -3.87. The number of rotatable bonds is 5. The van der Waals surface area contributed by atoms with E-state index in [0.717, 1.165) is 16.6 Å². The summed E-state index contributed by atoms with van der Waals surface area (Å²) in [6, 6.07) is 24.0. The van der Waals surface area contributed by atoms with Crippen molar-refractivity contribution < 1.29 is 17.2 Å². The molecule has 0 unspecified atom stereocenters. The maximum absolute atomic E-state index is 14.1. The van der Waals surface area contributed by atoms with Crippen LogP contribution in [0.3, 0.4) is 0 Å². The smallest absolute Gasteiger partial charge is 0.254 e. The van der Waals surface area contributed by atoms with Crippen LogP contribution in [0.1, 0.15) is 17.6 Å². The Morgan fingerprint density at radius 3 is 2.39 bits per heavy atom. The van der Waals surface area contributed by atoms with Crippen LogP contribution in [0.25, 0.3) is 33.4 Å². The van der Waals surface area contributed by atoms with Gasteiger partial charge in [-0.25, -0.2) is 21.2 Å². The highest BCUT2D eigenvalue weighted by Crippen LogP contribution is 2.43. The van der Waals surface area contributed by atoms with E-state index in [9.17, 15) is 22.5 Å². The van der Waals surface area contributed by atoms with Crippen molar-refractivity contribution in [1.29, 1.82) is 5.26 Å². The molecule has 0 aliphatic carbocycles. The lowest BCUT2D eigenvalue weighted by Gasteiger charge is -2.15. The van der Waals surface area contributed by atoms with Crippen molar-refractivity contribution in [1.82, 2.24) is 8.96 Å². The fourth-order valence-corrected chi connectivity index (χ4v) is 6.11. The van der Waals surface area contributed by atoms with Gasteiger partial charge >= 0.3 is 0 Å². The number of hydrogen-bond acceptors (Lipinski definition) is 4. The van der Waals surface area contributed by atoms with Gasteiger partial charge in [0.25, 0.3) is 16.4 Å². The normalized spacial score (nSPS) is 11.6. The van der Waals surface area contributed by atoms with E-state index in [-0.39, 0.29) is 10.5 Å². The van der Waals surface area contributed by atoms with Gasteiger partial charge in [-0.2, -0.15) is 5.26 Å². The van der Waals surface area contributed by atoms with Gasteiger partial charge in [0.2, 0.25) is 0 Å². The largest absolute Gasteiger partial charge is 0.268 e. The quantitative estimate of drug-likeness (QED) is 0.227. The summed E-state index contributed by atoms with van der Waals surface area (Å²) in [5, 5.41) is 9.81. The van der Waals surface area contributed by atoms with Gasteiger partial charge in [0.05, 0.1) is 33.3 Å². The van der Waals surface area contributed by atoms with E-state index in [0.29, 0.717) is 39.0 Å². The molecule has 36 heavy (non-hydrogen) atoms. The summed E-state index contributed by atoms with van der Waals surface area (Å²) in [4.78, 5) is 4.35. The summed E-state index contributed by atoms with van der Waals surface area (Å²) in [5.74, 6) is 0. The maximum atomic E-state index is 14.1. The van der Waals surface area contributed by atoms with E-state index in [1.54, 1.807) is 60.8 Å². The predicted molar refractivity (Wildman–Crippen MR) is 137 cm³/mol. The fourth-order valence-electron chi connectivity index (χ4n) is 4.18. The summed E-state index contributed by atoms with van der Waals surface area (Å²) >= 11 is 3.46. The molecular formula is C27H16BrF2N3O2S. The van der Waals surface area contributed by atoms with Crippen molar-refractivity contribution >= 4 is 37.0 Å². The Morgan fingerprint density at radius 1 is 0.944 bits per heavy atom. The SMILES string of the molecule is N#Cc1ccccc1-c1c(-c2cccc(Br)c2)n(S(=O)(=O)c2ccc(C(F)F)cc2)c2cccnc12. The Labute approximate surface area is 214 Å². The maximum Gasteiger partial charge on any atom is 0.268 e. The van der Waals surface area contributed by atoms with Gasteiger partial charge in [0.1, 0.15) is 0 Å². The van der Waals surface area contributed by atoms with Crippen LogP contribution >= 0.6 is 15.9 Å². The molecule has 0 aliphatic rings. The van der Waals surface area contributed by atoms with E-state index in [4.69, 9.17) is 0 Å². The number of hydrogen-bond donors (Lipinski definition) is 0. The summed E-state index contributed by atoms with van der Waals surface area (Å²) in [6.45, 7) is 0. The standard InChI is InChI=1S/C27H16BrF2N3O2S/c28-20-7-3-6-18(15-20)26-24(22-8-2-1-5-19(22)16-31)25-23(9-4-14-32-25)33(26)36(34,35)21-12-10-17(11-13-21)27(29)30/h1-15,27H. The fraction of sp³-hybridized carbons (Fsp3) is 0.0370. The molecule has 0 N–H and O–H groups in total. The van der Waals surface area contributed by atoms with Crippen LogP contribution < -0.4 is 0 Å². The van der Waals surface area contributed by atoms with E-state index in [1.165, 1.54) is 16.1 Å². The molecule has 0 saturated carbocycles. The lowest BCUT2D eigenvalue weighted by Crippen LogP contribution is -2.14. The number of alkyl halides is 2. The average molecular weight is 564 g/mol. The number of aromatic nitrogens is 2. The molecule has 5 rings (SSSR count). The molecule has 0 fully saturated rings. The Morgan fingerprint density at radius 2 is 1.69 bits per heavy atom. The molecule has 0 saturated heterocycles. The first-order valence-corrected chi connectivity index (χ1v) is 12.9. The van der Waals surface area contributed by atoms with E-state index in [2.05, 4.69) is 27.0 Å². The number of benzene rings is 3. The van der Waals surface area contributed by atoms with Crippen molar-refractivity contribution in [2.75, 3.05) is 0 Å². The van der Waals surface area contributed by atoms with Gasteiger partial charge in [-0.05, 0) is 42.5 Å². The van der Waals surface area contributed by atoms with Crippen molar-refractivity contribution in [2.45, 2.75) is 11.3 Å². The van der Waals surface area contributed by atoms with E-state index >= 15 is 0 Å². The first-order valence-electron chi connectivity index (χ1n) is 10.7. The zero-order valence-electron chi connectivity index (χ0n) is 18.4. The predicted octanol–water partition coefficient (Wildman–Crippen LogP) is 7.18. The molecule has 2 heterocycles. The number of nitriles is 1. The number of pyridine rings is 1. The van der Waals surface area contributed by atoms with Crippen LogP contribution in [-0.2, 0) is 10.0 Å². The summed E-state index contributed by atoms with van der Waals surface area (Å²) in [7, 11) is -4.27. The molecule has 5 aromatic rings. The molecule has 0 aliphatic heterocycles. The minimum atomic E-state index is -4.27. The molecule has 0 spiro atoms. The second-order valence-corrected chi connectivity index (χ2v) is 10.6. The van der Waals surface area contributed by atoms with Gasteiger partial charge < -0.3 is 0 Å². The number of halogens is 3. The Balaban J connectivity index is 1.93. The van der Waals surface area contributed by atoms with Crippen LogP contribution in [0, 0.1) is 11.3 Å². The summed E-state index contributed by atoms with van der Waals surface area (Å²) in [6.07, 6.45) is -1.16. The Kier molecular flexibility index (Phi) is 6.16. The lowest BCUT2D eigenvalue weighted by atomic mass is 9.96. The molecule has 178 valence electrons. The van der Waals surface area contributed by atoms with Gasteiger partial charge in [-0.3, -0.25) is 4.98 Å². The first kappa shape index (κ1) is 23.9. The highest BCUT2D eigenvalue weighted by Gasteiger charge is 2.30. The van der Waals surface area contributed by atoms with Crippen LogP contribution in [0.5, 0.6) is 0 Å². The van der Waals surface area contributed by atoms with Crippen LogP contribution in [0.2, 0.25) is 0 Å². The molecule has 3 aromatic carbocycles. The topological polar surface area (TPSA) is 75.8 Å². The van der Waals surface area contributed by atoms with Crippen molar-refractivity contribution in [3.05, 3.63) is 107 Å². The monoisotopic (exact) mass is 563 g/mol. The Bertz CT molecular complexity index is 1760. The molecular weight excluding hydrogens is 548 g/mol. The molecule has 9 heteroatoms. The summed E-state index contributed by atoms with van der Waals surface area (Å²) in [5.41, 5.74) is 2.66. The van der Waals surface area contributed by atoms with Crippen molar-refractivity contribution in [3.8, 4) is 28.5 Å². The number of fused-ring (bicyclic) bond motifs is 1. The number of nitrogens with zero attached hydrogens (tertiary/aromatic N) is 3. The minimum Gasteiger partial charge on any atom is -0.254 e. The lowest BCUT2D eigenvalue weighted by molar-refractivity contribution is 0.151. The highest BCUT2D eigenvalue weighted by molar-refractivity contribution is 9.10. The zero-order valence-corrected chi connectivity index (χ0v) is 20.8. The third-order valence-corrected chi connectivity index (χ3v) is 7.99. The molecule has 0 bridgehead atoms. The molecule has 5 nitrogen and oxygen atoms in total. The summed E-state index contributed by atoms with van der Waals surface area (Å²) < 4.78 is 56.3. The van der Waals surface area contributed by atoms with Gasteiger partial charge in [0.15, 0.2) is 0 Å². The molecule has 0 amide bonds. The first-order chi connectivity index (χ1) is 17.3. The van der Waals surface area contributed by atoms with Crippen molar-refractivity contribution in [2.24, 2.45) is 0 Å².